The Hall–Kier alpha value is -2.45. The number of nitrogens with one attached hydrogen (secondary N) is 1. The summed E-state index contributed by atoms with van der Waals surface area (Å²) in [6.07, 6.45) is 0.340. The molecule has 1 atom stereocenters. The molecule has 2 fully saturated rings. The Morgan fingerprint density at radius 3 is 2.43 bits per heavy atom. The van der Waals surface area contributed by atoms with Crippen molar-refractivity contribution in [3.8, 4) is 0 Å². The second-order valence-electron chi connectivity index (χ2n) is 4.98. The van der Waals surface area contributed by atoms with Gasteiger partial charge >= 0.3 is 6.03 Å². The van der Waals surface area contributed by atoms with Gasteiger partial charge in [0.2, 0.25) is 17.7 Å². The number of carbonyl (C=O) groups excluding carboxylic acids is 5. The summed E-state index contributed by atoms with van der Waals surface area (Å²) in [6.45, 7) is 0.914. The van der Waals surface area contributed by atoms with Crippen molar-refractivity contribution in [2.75, 3.05) is 26.7 Å². The number of imide groups is 2. The molecule has 0 saturated carbocycles. The number of urea groups is 1. The van der Waals surface area contributed by atoms with Gasteiger partial charge in [0, 0.05) is 7.05 Å². The van der Waals surface area contributed by atoms with E-state index in [0.29, 0.717) is 6.42 Å². The van der Waals surface area contributed by atoms with Gasteiger partial charge in [0.15, 0.2) is 0 Å². The molecule has 9 heteroatoms. The Bertz CT molecular complexity index is 532. The minimum absolute atomic E-state index is 0.0806. The fourth-order valence-corrected chi connectivity index (χ4v) is 2.38. The summed E-state index contributed by atoms with van der Waals surface area (Å²) in [7, 11) is 1.46. The molecule has 0 radical (unpaired) electrons. The largest absolute Gasteiger partial charge is 0.327 e. The molecule has 2 aliphatic rings. The number of rotatable bonds is 3. The van der Waals surface area contributed by atoms with Gasteiger partial charge in [0.25, 0.3) is 5.91 Å². The molecule has 2 aliphatic heterocycles. The van der Waals surface area contributed by atoms with Crippen LogP contribution in [0.25, 0.3) is 0 Å². The fourth-order valence-electron chi connectivity index (χ4n) is 2.38. The molecule has 0 bridgehead atoms. The molecule has 1 N–H and O–H groups in total. The molecule has 114 valence electrons. The third-order valence-electron chi connectivity index (χ3n) is 3.49. The van der Waals surface area contributed by atoms with Crippen LogP contribution in [0.15, 0.2) is 0 Å². The maximum atomic E-state index is 12.2. The summed E-state index contributed by atoms with van der Waals surface area (Å²) in [6, 6.07) is -1.32. The Morgan fingerprint density at radius 2 is 1.90 bits per heavy atom. The van der Waals surface area contributed by atoms with Gasteiger partial charge in [-0.05, 0) is 6.42 Å². The second-order valence-corrected chi connectivity index (χ2v) is 4.98. The number of hydrogen-bond donors (Lipinski definition) is 1. The SMILES string of the molecule is CCC1C(=O)NC(=O)CN1C(=O)CN1C(=O)CN(C)C1=O. The van der Waals surface area contributed by atoms with Crippen LogP contribution in [0.4, 0.5) is 4.79 Å². The summed E-state index contributed by atoms with van der Waals surface area (Å²) in [5.41, 5.74) is 0. The van der Waals surface area contributed by atoms with E-state index in [1.807, 2.05) is 0 Å². The van der Waals surface area contributed by atoms with E-state index in [-0.39, 0.29) is 13.1 Å². The molecular formula is C12H16N4O5. The highest BCUT2D eigenvalue weighted by Crippen LogP contribution is 2.13. The van der Waals surface area contributed by atoms with Gasteiger partial charge in [-0.2, -0.15) is 0 Å². The first-order valence-electron chi connectivity index (χ1n) is 6.53. The molecule has 0 aromatic heterocycles. The normalized spacial score (nSPS) is 23.0. The molecule has 2 heterocycles. The maximum Gasteiger partial charge on any atom is 0.327 e. The van der Waals surface area contributed by atoms with Crippen LogP contribution >= 0.6 is 0 Å². The first-order valence-corrected chi connectivity index (χ1v) is 6.53. The Labute approximate surface area is 120 Å². The number of likely N-dealkylation sites (N-methyl/N-ethyl adjacent to an activating group) is 1. The number of piperazine rings is 1. The summed E-state index contributed by atoms with van der Waals surface area (Å²) >= 11 is 0. The quantitative estimate of drug-likeness (QED) is 0.485. The van der Waals surface area contributed by atoms with Crippen LogP contribution in [-0.4, -0.2) is 77.1 Å². The lowest BCUT2D eigenvalue weighted by Gasteiger charge is -2.34. The predicted molar refractivity (Wildman–Crippen MR) is 68.7 cm³/mol. The highest BCUT2D eigenvalue weighted by molar-refractivity contribution is 6.07. The number of nitrogens with zero attached hydrogens (tertiary/aromatic N) is 3. The summed E-state index contributed by atoms with van der Waals surface area (Å²) < 4.78 is 0. The predicted octanol–water partition coefficient (Wildman–Crippen LogP) is -1.86. The van der Waals surface area contributed by atoms with Crippen LogP contribution in [0, 0.1) is 0 Å². The summed E-state index contributed by atoms with van der Waals surface area (Å²) in [4.78, 5) is 61.8. The lowest BCUT2D eigenvalue weighted by atomic mass is 10.1. The Morgan fingerprint density at radius 1 is 1.24 bits per heavy atom. The Kier molecular flexibility index (Phi) is 3.92. The van der Waals surface area contributed by atoms with Crippen LogP contribution in [0.2, 0.25) is 0 Å². The van der Waals surface area contributed by atoms with Crippen molar-refractivity contribution in [1.82, 2.24) is 20.0 Å². The molecule has 0 spiro atoms. The summed E-state index contributed by atoms with van der Waals surface area (Å²) in [5.74, 6) is -2.19. The molecule has 1 unspecified atom stereocenters. The first-order chi connectivity index (χ1) is 9.85. The Balaban J connectivity index is 2.11. The van der Waals surface area contributed by atoms with E-state index in [1.54, 1.807) is 6.92 Å². The highest BCUT2D eigenvalue weighted by atomic mass is 16.2. The molecule has 9 nitrogen and oxygen atoms in total. The molecule has 0 aromatic carbocycles. The third-order valence-corrected chi connectivity index (χ3v) is 3.49. The van der Waals surface area contributed by atoms with Crippen LogP contribution in [0.3, 0.4) is 0 Å². The average Bonchev–Trinajstić information content (AvgIpc) is 2.64. The number of hydrogen-bond acceptors (Lipinski definition) is 5. The lowest BCUT2D eigenvalue weighted by molar-refractivity contribution is -0.150. The van der Waals surface area contributed by atoms with Crippen LogP contribution in [0.5, 0.6) is 0 Å². The monoisotopic (exact) mass is 296 g/mol. The topological polar surface area (TPSA) is 107 Å². The van der Waals surface area contributed by atoms with Gasteiger partial charge in [0.1, 0.15) is 25.7 Å². The molecular weight excluding hydrogens is 280 g/mol. The van der Waals surface area contributed by atoms with Crippen LogP contribution < -0.4 is 5.32 Å². The van der Waals surface area contributed by atoms with Gasteiger partial charge in [-0.1, -0.05) is 6.92 Å². The van der Waals surface area contributed by atoms with E-state index in [1.165, 1.54) is 11.9 Å². The van der Waals surface area contributed by atoms with E-state index in [2.05, 4.69) is 5.32 Å². The standard InChI is InChI=1S/C12H16N4O5/c1-3-7-11(20)13-8(17)4-15(7)10(19)6-16-9(18)5-14(2)12(16)21/h7H,3-6H2,1-2H3,(H,13,17,20). The number of amides is 6. The van der Waals surface area contributed by atoms with Gasteiger partial charge in [-0.25, -0.2) is 4.79 Å². The van der Waals surface area contributed by atoms with Gasteiger partial charge in [-0.3, -0.25) is 29.4 Å². The minimum atomic E-state index is -0.763. The van der Waals surface area contributed by atoms with E-state index in [4.69, 9.17) is 0 Å². The van der Waals surface area contributed by atoms with Crippen LogP contribution in [0.1, 0.15) is 13.3 Å². The average molecular weight is 296 g/mol. The molecule has 6 amide bonds. The smallest absolute Gasteiger partial charge is 0.320 e. The van der Waals surface area contributed by atoms with Crippen molar-refractivity contribution < 1.29 is 24.0 Å². The fraction of sp³-hybridized carbons (Fsp3) is 0.583. The maximum absolute atomic E-state index is 12.2. The second kappa shape index (κ2) is 5.51. The van der Waals surface area contributed by atoms with Crippen LogP contribution in [-0.2, 0) is 19.2 Å². The van der Waals surface area contributed by atoms with Gasteiger partial charge < -0.3 is 9.80 Å². The van der Waals surface area contributed by atoms with E-state index < -0.39 is 42.2 Å². The summed E-state index contributed by atoms with van der Waals surface area (Å²) in [5, 5.41) is 2.16. The van der Waals surface area contributed by atoms with Crippen molar-refractivity contribution in [3.05, 3.63) is 0 Å². The zero-order valence-corrected chi connectivity index (χ0v) is 11.8. The van der Waals surface area contributed by atoms with E-state index in [9.17, 15) is 24.0 Å². The zero-order valence-electron chi connectivity index (χ0n) is 11.8. The van der Waals surface area contributed by atoms with Gasteiger partial charge in [0.05, 0.1) is 0 Å². The molecule has 2 saturated heterocycles. The van der Waals surface area contributed by atoms with Crippen molar-refractivity contribution >= 4 is 29.7 Å². The first kappa shape index (κ1) is 14.9. The lowest BCUT2D eigenvalue weighted by Crippen LogP contribution is -2.61. The number of carbonyl (C=O) groups is 5. The van der Waals surface area contributed by atoms with Crippen molar-refractivity contribution in [3.63, 3.8) is 0 Å². The van der Waals surface area contributed by atoms with Crippen molar-refractivity contribution in [2.45, 2.75) is 19.4 Å². The van der Waals surface area contributed by atoms with Crippen molar-refractivity contribution in [1.29, 1.82) is 0 Å². The highest BCUT2D eigenvalue weighted by Gasteiger charge is 2.40. The van der Waals surface area contributed by atoms with Gasteiger partial charge in [-0.15, -0.1) is 0 Å². The molecule has 0 aromatic rings. The van der Waals surface area contributed by atoms with E-state index in [0.717, 1.165) is 9.80 Å². The zero-order chi connectivity index (χ0) is 15.7. The molecule has 2 rings (SSSR count). The molecule has 0 aliphatic carbocycles. The molecule has 21 heavy (non-hydrogen) atoms. The van der Waals surface area contributed by atoms with Crippen molar-refractivity contribution in [2.24, 2.45) is 0 Å². The third kappa shape index (κ3) is 2.71. The minimum Gasteiger partial charge on any atom is -0.320 e. The van der Waals surface area contributed by atoms with E-state index >= 15 is 0 Å².